The summed E-state index contributed by atoms with van der Waals surface area (Å²) < 4.78 is 0.0310. The number of allylic oxidation sites excluding steroid dienone is 1. The predicted octanol–water partition coefficient (Wildman–Crippen LogP) is 2.40. The predicted molar refractivity (Wildman–Crippen MR) is 71.3 cm³/mol. The van der Waals surface area contributed by atoms with E-state index in [0.29, 0.717) is 0 Å². The largest absolute Gasteiger partial charge is 0.508 e. The molecule has 1 N–H and O–H groups in total. The van der Waals surface area contributed by atoms with Gasteiger partial charge in [-0.25, -0.2) is 0 Å². The maximum Gasteiger partial charge on any atom is 0.240 e. The second kappa shape index (κ2) is 4.45. The van der Waals surface area contributed by atoms with Gasteiger partial charge in [-0.2, -0.15) is 0 Å². The summed E-state index contributed by atoms with van der Waals surface area (Å²) in [5.74, 6) is 0.368. The quantitative estimate of drug-likeness (QED) is 0.635. The highest BCUT2D eigenvalue weighted by molar-refractivity contribution is 14.1. The maximum absolute atomic E-state index is 11.8. The van der Waals surface area contributed by atoms with Crippen LogP contribution in [0.5, 0.6) is 5.75 Å². The molecule has 2 rings (SSSR count). The van der Waals surface area contributed by atoms with Crippen molar-refractivity contribution >= 4 is 34.2 Å². The number of nitrogens with zero attached hydrogens (tertiary/aromatic N) is 1. The average Bonchev–Trinajstić information content (AvgIpc) is 2.28. The second-order valence-electron chi connectivity index (χ2n) is 3.74. The van der Waals surface area contributed by atoms with E-state index in [4.69, 9.17) is 0 Å². The lowest BCUT2D eigenvalue weighted by Crippen LogP contribution is -2.35. The van der Waals surface area contributed by atoms with Crippen LogP contribution in [0.4, 0.5) is 0 Å². The number of rotatable bonds is 1. The Morgan fingerprint density at radius 2 is 2.00 bits per heavy atom. The Kier molecular flexibility index (Phi) is 3.18. The maximum atomic E-state index is 11.8. The smallest absolute Gasteiger partial charge is 0.240 e. The Hall–Kier alpha value is -1.04. The number of amides is 1. The number of hydrogen-bond acceptors (Lipinski definition) is 2. The van der Waals surface area contributed by atoms with Crippen LogP contribution in [-0.2, 0) is 4.79 Å². The monoisotopic (exact) mass is 329 g/mol. The van der Waals surface area contributed by atoms with Crippen LogP contribution in [0.25, 0.3) is 5.70 Å². The number of carbonyl (C=O) groups is 1. The van der Waals surface area contributed by atoms with Gasteiger partial charge in [-0.15, -0.1) is 0 Å². The van der Waals surface area contributed by atoms with Gasteiger partial charge >= 0.3 is 0 Å². The van der Waals surface area contributed by atoms with Crippen LogP contribution < -0.4 is 0 Å². The van der Waals surface area contributed by atoms with Crippen molar-refractivity contribution in [3.63, 3.8) is 0 Å². The zero-order chi connectivity index (χ0) is 11.7. The number of hydrogen-bond donors (Lipinski definition) is 1. The van der Waals surface area contributed by atoms with Crippen molar-refractivity contribution in [1.29, 1.82) is 0 Å². The molecule has 0 bridgehead atoms. The normalized spacial score (nSPS) is 20.9. The fraction of sp³-hybridized carbons (Fsp3) is 0.250. The van der Waals surface area contributed by atoms with Gasteiger partial charge < -0.3 is 10.0 Å². The van der Waals surface area contributed by atoms with Crippen molar-refractivity contribution in [1.82, 2.24) is 4.90 Å². The van der Waals surface area contributed by atoms with Crippen molar-refractivity contribution in [2.75, 3.05) is 7.05 Å². The third kappa shape index (κ3) is 2.07. The molecule has 1 unspecified atom stereocenters. The number of phenols is 1. The van der Waals surface area contributed by atoms with Gasteiger partial charge in [0, 0.05) is 12.7 Å². The Bertz CT molecular complexity index is 439. The summed E-state index contributed by atoms with van der Waals surface area (Å²) in [6.45, 7) is 0. The molecule has 1 aromatic carbocycles. The van der Waals surface area contributed by atoms with Gasteiger partial charge in [0.1, 0.15) is 5.75 Å². The van der Waals surface area contributed by atoms with Crippen molar-refractivity contribution in [3.05, 3.63) is 35.9 Å². The third-order valence-corrected chi connectivity index (χ3v) is 3.68. The summed E-state index contributed by atoms with van der Waals surface area (Å²) in [6, 6.07) is 6.90. The standard InChI is InChI=1S/C12H12INO2/c1-14-11(7-6-10(13)12(14)16)8-2-4-9(15)5-3-8/h2-5,7,10,15H,6H2,1H3. The van der Waals surface area contributed by atoms with Gasteiger partial charge in [-0.3, -0.25) is 4.79 Å². The van der Waals surface area contributed by atoms with Crippen LogP contribution in [-0.4, -0.2) is 26.9 Å². The highest BCUT2D eigenvalue weighted by atomic mass is 127. The summed E-state index contributed by atoms with van der Waals surface area (Å²) in [7, 11) is 1.78. The van der Waals surface area contributed by atoms with Gasteiger partial charge in [0.25, 0.3) is 0 Å². The molecule has 0 saturated heterocycles. The van der Waals surface area contributed by atoms with E-state index in [1.54, 1.807) is 24.1 Å². The SMILES string of the molecule is CN1C(=O)C(I)CC=C1c1ccc(O)cc1. The molecule has 84 valence electrons. The summed E-state index contributed by atoms with van der Waals surface area (Å²) in [5, 5.41) is 9.21. The van der Waals surface area contributed by atoms with Gasteiger partial charge in [0.2, 0.25) is 5.91 Å². The van der Waals surface area contributed by atoms with E-state index in [2.05, 4.69) is 28.7 Å². The molecule has 1 aliphatic rings. The lowest BCUT2D eigenvalue weighted by atomic mass is 10.1. The highest BCUT2D eigenvalue weighted by Crippen LogP contribution is 2.28. The van der Waals surface area contributed by atoms with Crippen LogP contribution in [0.15, 0.2) is 30.3 Å². The molecule has 16 heavy (non-hydrogen) atoms. The van der Waals surface area contributed by atoms with E-state index < -0.39 is 0 Å². The number of benzene rings is 1. The van der Waals surface area contributed by atoms with Crippen LogP contribution >= 0.6 is 22.6 Å². The molecule has 4 heteroatoms. The lowest BCUT2D eigenvalue weighted by Gasteiger charge is -2.27. The molecule has 1 amide bonds. The molecule has 0 spiro atoms. The van der Waals surface area contributed by atoms with E-state index in [1.165, 1.54) is 0 Å². The number of halogens is 1. The zero-order valence-electron chi connectivity index (χ0n) is 8.85. The fourth-order valence-corrected chi connectivity index (χ4v) is 2.40. The minimum absolute atomic E-state index is 0.0310. The summed E-state index contributed by atoms with van der Waals surface area (Å²) in [4.78, 5) is 13.5. The highest BCUT2D eigenvalue weighted by Gasteiger charge is 2.26. The lowest BCUT2D eigenvalue weighted by molar-refractivity contribution is -0.126. The molecule has 3 nitrogen and oxygen atoms in total. The second-order valence-corrected chi connectivity index (χ2v) is 5.24. The molecule has 1 heterocycles. The molecule has 0 radical (unpaired) electrons. The first kappa shape index (κ1) is 11.4. The van der Waals surface area contributed by atoms with Crippen molar-refractivity contribution in [2.24, 2.45) is 0 Å². The fourth-order valence-electron chi connectivity index (χ4n) is 1.73. The minimum atomic E-state index is 0.0310. The summed E-state index contributed by atoms with van der Waals surface area (Å²) in [6.07, 6.45) is 2.82. The molecule has 1 atom stereocenters. The van der Waals surface area contributed by atoms with Crippen LogP contribution in [0.1, 0.15) is 12.0 Å². The Morgan fingerprint density at radius 1 is 1.38 bits per heavy atom. The molecule has 0 saturated carbocycles. The molecule has 0 aromatic heterocycles. The van der Waals surface area contributed by atoms with Gasteiger partial charge in [-0.05, 0) is 36.2 Å². The van der Waals surface area contributed by atoms with E-state index in [9.17, 15) is 9.90 Å². The Balaban J connectivity index is 2.34. The molecule has 1 aliphatic heterocycles. The van der Waals surface area contributed by atoms with E-state index in [0.717, 1.165) is 17.7 Å². The molecule has 0 aliphatic carbocycles. The summed E-state index contributed by atoms with van der Waals surface area (Å²) >= 11 is 2.16. The van der Waals surface area contributed by atoms with Gasteiger partial charge in [0.05, 0.1) is 3.92 Å². The molecular weight excluding hydrogens is 317 g/mol. The first-order valence-electron chi connectivity index (χ1n) is 5.01. The Morgan fingerprint density at radius 3 is 2.62 bits per heavy atom. The topological polar surface area (TPSA) is 40.5 Å². The Labute approximate surface area is 108 Å². The first-order chi connectivity index (χ1) is 7.59. The van der Waals surface area contributed by atoms with Gasteiger partial charge in [-0.1, -0.05) is 28.7 Å². The zero-order valence-corrected chi connectivity index (χ0v) is 11.0. The first-order valence-corrected chi connectivity index (χ1v) is 6.25. The van der Waals surface area contributed by atoms with Crippen LogP contribution in [0.3, 0.4) is 0 Å². The molecule has 0 fully saturated rings. The van der Waals surface area contributed by atoms with Gasteiger partial charge in [0.15, 0.2) is 0 Å². The van der Waals surface area contributed by atoms with Crippen LogP contribution in [0.2, 0.25) is 0 Å². The number of carbonyl (C=O) groups excluding carboxylic acids is 1. The average molecular weight is 329 g/mol. The van der Waals surface area contributed by atoms with E-state index >= 15 is 0 Å². The third-order valence-electron chi connectivity index (χ3n) is 2.64. The van der Waals surface area contributed by atoms with Crippen LogP contribution in [0, 0.1) is 0 Å². The molecule has 1 aromatic rings. The summed E-state index contributed by atoms with van der Waals surface area (Å²) in [5.41, 5.74) is 1.87. The number of alkyl halides is 1. The minimum Gasteiger partial charge on any atom is -0.508 e. The molecular formula is C12H12INO2. The van der Waals surface area contributed by atoms with E-state index in [1.807, 2.05) is 12.1 Å². The van der Waals surface area contributed by atoms with Crippen molar-refractivity contribution in [3.8, 4) is 5.75 Å². The van der Waals surface area contributed by atoms with Crippen molar-refractivity contribution in [2.45, 2.75) is 10.3 Å². The van der Waals surface area contributed by atoms with Crippen molar-refractivity contribution < 1.29 is 9.90 Å². The van der Waals surface area contributed by atoms with E-state index in [-0.39, 0.29) is 15.6 Å². The number of aromatic hydroxyl groups is 1. The number of phenolic OH excluding ortho intramolecular Hbond substituents is 1.